The number of hydrogen-bond acceptors (Lipinski definition) is 9. The number of ether oxygens (including phenoxy) is 1. The number of aliphatic hydroxyl groups is 1. The molecule has 5 aromatic rings. The Morgan fingerprint density at radius 3 is 2.25 bits per heavy atom. The molecule has 0 unspecified atom stereocenters. The molecule has 0 bridgehead atoms. The minimum absolute atomic E-state index is 0.00831. The number of carbonyl (C=O) groups excluding carboxylic acids is 2. The predicted molar refractivity (Wildman–Crippen MR) is 211 cm³/mol. The van der Waals surface area contributed by atoms with Crippen molar-refractivity contribution >= 4 is 29.4 Å². The van der Waals surface area contributed by atoms with Crippen LogP contribution in [0.3, 0.4) is 0 Å². The van der Waals surface area contributed by atoms with E-state index in [1.807, 2.05) is 67.3 Å². The number of β-amino-alcohol motifs (C(OH)–C–C–N with tert-alkyl or cyclic N) is 1. The van der Waals surface area contributed by atoms with Crippen LogP contribution in [0.5, 0.6) is 5.75 Å². The lowest BCUT2D eigenvalue weighted by atomic mass is 9.91. The van der Waals surface area contributed by atoms with E-state index < -0.39 is 17.8 Å². The van der Waals surface area contributed by atoms with Crippen molar-refractivity contribution in [1.29, 1.82) is 5.26 Å². The zero-order valence-corrected chi connectivity index (χ0v) is 32.4. The Balaban J connectivity index is 0.00000177. The topological polar surface area (TPSA) is 120 Å². The van der Waals surface area contributed by atoms with Crippen molar-refractivity contribution in [2.45, 2.75) is 65.4 Å². The third-order valence-electron chi connectivity index (χ3n) is 11.1. The number of hydrogen-bond donors (Lipinski definition) is 1. The number of aromatic nitrogens is 1. The summed E-state index contributed by atoms with van der Waals surface area (Å²) in [5, 5.41) is 20.0. The number of fused-ring (bicyclic) bond motifs is 1. The third kappa shape index (κ3) is 9.19. The molecule has 57 heavy (non-hydrogen) atoms. The first kappa shape index (κ1) is 41.1. The lowest BCUT2D eigenvalue weighted by molar-refractivity contribution is -0.191. The first-order valence-corrected chi connectivity index (χ1v) is 19.0. The van der Waals surface area contributed by atoms with Crippen LogP contribution in [0, 0.1) is 31.1 Å². The van der Waals surface area contributed by atoms with E-state index in [2.05, 4.69) is 17.9 Å². The van der Waals surface area contributed by atoms with Gasteiger partial charge in [-0.25, -0.2) is 4.98 Å². The van der Waals surface area contributed by atoms with E-state index >= 15 is 0 Å². The van der Waals surface area contributed by atoms with Crippen molar-refractivity contribution in [2.24, 2.45) is 5.92 Å². The molecule has 2 fully saturated rings. The molecule has 2 atom stereocenters. The molecule has 9 nitrogen and oxygen atoms in total. The third-order valence-corrected chi connectivity index (χ3v) is 11.1. The smallest absolute Gasteiger partial charge is 0.417 e. The second-order valence-corrected chi connectivity index (χ2v) is 14.8. The van der Waals surface area contributed by atoms with Crippen LogP contribution in [0.2, 0.25) is 0 Å². The van der Waals surface area contributed by atoms with E-state index in [0.29, 0.717) is 59.3 Å². The molecule has 296 valence electrons. The van der Waals surface area contributed by atoms with Crippen LogP contribution >= 0.6 is 0 Å². The van der Waals surface area contributed by atoms with Gasteiger partial charge in [-0.05, 0) is 108 Å². The summed E-state index contributed by atoms with van der Waals surface area (Å²) in [5.74, 6) is 1.51. The largest absolute Gasteiger partial charge is 0.496 e. The van der Waals surface area contributed by atoms with Crippen molar-refractivity contribution in [3.05, 3.63) is 105 Å². The van der Waals surface area contributed by atoms with Gasteiger partial charge in [0, 0.05) is 43.9 Å². The van der Waals surface area contributed by atoms with E-state index in [0.717, 1.165) is 58.6 Å². The molecule has 0 spiro atoms. The Morgan fingerprint density at radius 2 is 1.60 bits per heavy atom. The lowest BCUT2D eigenvalue weighted by Crippen LogP contribution is -2.22. The maximum Gasteiger partial charge on any atom is 0.417 e. The van der Waals surface area contributed by atoms with Crippen LogP contribution in [-0.2, 0) is 28.9 Å². The highest BCUT2D eigenvalue weighted by Gasteiger charge is 2.34. The molecule has 1 N–H and O–H groups in total. The summed E-state index contributed by atoms with van der Waals surface area (Å²) in [6, 6.07) is 20.5. The van der Waals surface area contributed by atoms with E-state index in [4.69, 9.17) is 23.7 Å². The van der Waals surface area contributed by atoms with Gasteiger partial charge in [-0.1, -0.05) is 55.8 Å². The Bertz CT molecular complexity index is 2360. The summed E-state index contributed by atoms with van der Waals surface area (Å²) < 4.78 is 55.1. The number of alkyl halides is 3. The number of nitrogens with zero attached hydrogens (tertiary/aromatic N) is 4. The van der Waals surface area contributed by atoms with E-state index in [1.165, 1.54) is 38.2 Å². The van der Waals surface area contributed by atoms with Gasteiger partial charge in [0.25, 0.3) is 0 Å². The Hall–Kier alpha value is -5.57. The van der Waals surface area contributed by atoms with Crippen molar-refractivity contribution < 1.29 is 37.0 Å². The molecule has 12 heteroatoms. The molecule has 1 aromatic heterocycles. The Labute approximate surface area is 330 Å². The quantitative estimate of drug-likeness (QED) is 0.139. The number of nitriles is 1. The highest BCUT2D eigenvalue weighted by atomic mass is 19.4. The molecule has 3 heterocycles. The minimum Gasteiger partial charge on any atom is -0.496 e. The van der Waals surface area contributed by atoms with Crippen LogP contribution in [0.4, 0.5) is 13.2 Å². The molecular weight excluding hydrogens is 734 g/mol. The second kappa shape index (κ2) is 17.7. The average Bonchev–Trinajstić information content (AvgIpc) is 3.94. The van der Waals surface area contributed by atoms with E-state index in [-0.39, 0.29) is 18.3 Å². The fourth-order valence-electron chi connectivity index (χ4n) is 8.03. The minimum atomic E-state index is -4.58. The molecule has 7 rings (SSSR count). The summed E-state index contributed by atoms with van der Waals surface area (Å²) in [6.45, 7) is 10.4. The van der Waals surface area contributed by atoms with Crippen molar-refractivity contribution in [2.75, 3.05) is 33.3 Å². The molecular formula is C45H45F3N4O5. The first-order valence-electron chi connectivity index (χ1n) is 19.0. The van der Waals surface area contributed by atoms with Gasteiger partial charge >= 0.3 is 12.3 Å². The lowest BCUT2D eigenvalue weighted by Gasteiger charge is -2.20. The summed E-state index contributed by atoms with van der Waals surface area (Å²) in [7, 11) is 1.46. The second-order valence-electron chi connectivity index (χ2n) is 14.8. The van der Waals surface area contributed by atoms with Crippen molar-refractivity contribution in [3.63, 3.8) is 0 Å². The summed E-state index contributed by atoms with van der Waals surface area (Å²) >= 11 is 0. The molecule has 2 saturated heterocycles. The normalized spacial score (nSPS) is 17.5. The molecule has 0 saturated carbocycles. The highest BCUT2D eigenvalue weighted by Crippen LogP contribution is 2.39. The van der Waals surface area contributed by atoms with Gasteiger partial charge in [0.05, 0.1) is 24.3 Å². The van der Waals surface area contributed by atoms with Gasteiger partial charge < -0.3 is 14.3 Å². The van der Waals surface area contributed by atoms with Crippen molar-refractivity contribution in [1.82, 2.24) is 14.8 Å². The van der Waals surface area contributed by atoms with Crippen LogP contribution in [0.25, 0.3) is 45.8 Å². The maximum absolute atomic E-state index is 14.4. The van der Waals surface area contributed by atoms with E-state index in [9.17, 15) is 23.5 Å². The van der Waals surface area contributed by atoms with Gasteiger partial charge in [-0.3, -0.25) is 9.80 Å². The van der Waals surface area contributed by atoms with Crippen LogP contribution in [0.1, 0.15) is 70.7 Å². The number of likely N-dealkylation sites (tertiary alicyclic amines) is 2. The van der Waals surface area contributed by atoms with Gasteiger partial charge in [-0.15, -0.1) is 0 Å². The van der Waals surface area contributed by atoms with Crippen LogP contribution in [-0.4, -0.2) is 65.4 Å². The monoisotopic (exact) mass is 778 g/mol. The van der Waals surface area contributed by atoms with Gasteiger partial charge in [0.15, 0.2) is 5.58 Å². The maximum atomic E-state index is 14.4. The highest BCUT2D eigenvalue weighted by molar-refractivity contribution is 5.85. The SMILES string of the molecule is CC[C@@H]1CCN(Cc2cc(C#N)c3oc(-c4cccc(-c5cccc(/C=C/c6cc(OC)c(CN7CC[C@@H](O)C7)cc6C(F)(F)F)c5C)c4C)nc3c2)C1.O=C=O. The Kier molecular flexibility index (Phi) is 12.8. The molecule has 4 aromatic carbocycles. The van der Waals surface area contributed by atoms with Gasteiger partial charge in [0.1, 0.15) is 17.3 Å². The van der Waals surface area contributed by atoms with Gasteiger partial charge in [-0.2, -0.15) is 28.0 Å². The van der Waals surface area contributed by atoms with Crippen LogP contribution < -0.4 is 4.74 Å². The number of rotatable bonds is 10. The Morgan fingerprint density at radius 1 is 0.930 bits per heavy atom. The zero-order valence-electron chi connectivity index (χ0n) is 32.4. The molecule has 0 aliphatic carbocycles. The molecule has 0 radical (unpaired) electrons. The van der Waals surface area contributed by atoms with E-state index in [1.54, 1.807) is 6.08 Å². The fourth-order valence-corrected chi connectivity index (χ4v) is 8.03. The van der Waals surface area contributed by atoms with Gasteiger partial charge in [0.2, 0.25) is 5.89 Å². The summed E-state index contributed by atoms with van der Waals surface area (Å²) in [6.07, 6.45) is 1.37. The van der Waals surface area contributed by atoms with Crippen molar-refractivity contribution in [3.8, 4) is 34.4 Å². The number of halogens is 3. The molecule has 2 aliphatic rings. The summed E-state index contributed by atoms with van der Waals surface area (Å²) in [4.78, 5) is 25.5. The summed E-state index contributed by atoms with van der Waals surface area (Å²) in [5.41, 5.74) is 7.60. The first-order chi connectivity index (χ1) is 27.4. The number of oxazole rings is 1. The molecule has 2 aliphatic heterocycles. The van der Waals surface area contributed by atoms with Crippen LogP contribution in [0.15, 0.2) is 65.1 Å². The predicted octanol–water partition coefficient (Wildman–Crippen LogP) is 9.06. The number of benzene rings is 4. The fraction of sp³-hybridized carbons (Fsp3) is 0.356. The number of methoxy groups -OCH3 is 1. The standard InChI is InChI=1S/C44H45F3N4O3.CO2/c1-5-29-14-16-50(23-29)24-30-18-33(22-48)42-40(19-30)49-43(54-42)38-11-7-10-37(28(38)3)36-9-6-8-31(27(36)2)12-13-32-21-41(53-4)34(20-39(32)44(45,46)47)25-51-17-15-35(52)26-51;2-1-3/h6-13,18-21,29,35,52H,5,14-17,23-26H2,1-4H3;/b13-12+;/t29-,35-;/m1./s1. The molecule has 0 amide bonds. The zero-order chi connectivity index (χ0) is 40.9. The average molecular weight is 779 g/mol. The number of aliphatic hydroxyl groups excluding tert-OH is 1.